The van der Waals surface area contributed by atoms with Gasteiger partial charge in [0.25, 0.3) is 5.91 Å². The maximum absolute atomic E-state index is 12.7. The highest BCUT2D eigenvalue weighted by Gasteiger charge is 2.23. The van der Waals surface area contributed by atoms with Gasteiger partial charge in [-0.25, -0.2) is 9.97 Å². The van der Waals surface area contributed by atoms with Crippen molar-refractivity contribution in [2.24, 2.45) is 0 Å². The maximum Gasteiger partial charge on any atom is 0.275 e. The monoisotopic (exact) mass is 366 g/mol. The van der Waals surface area contributed by atoms with Gasteiger partial charge in [-0.05, 0) is 42.7 Å². The van der Waals surface area contributed by atoms with Crippen LogP contribution in [0.5, 0.6) is 0 Å². The fourth-order valence-electron chi connectivity index (χ4n) is 3.75. The number of carbonyl (C=O) groups is 1. The van der Waals surface area contributed by atoms with Crippen LogP contribution < -0.4 is 10.2 Å². The molecule has 1 aliphatic heterocycles. The fraction of sp³-hybridized carbons (Fsp3) is 0.500. The molecule has 0 bridgehead atoms. The first-order chi connectivity index (χ1) is 12.9. The van der Waals surface area contributed by atoms with Crippen LogP contribution in [0.15, 0.2) is 36.7 Å². The van der Waals surface area contributed by atoms with Gasteiger partial charge in [0.05, 0.1) is 12.4 Å². The van der Waals surface area contributed by atoms with Gasteiger partial charge < -0.3 is 10.2 Å². The second kappa shape index (κ2) is 8.07. The minimum atomic E-state index is -0.226. The first-order valence-corrected chi connectivity index (χ1v) is 9.89. The minimum Gasteiger partial charge on any atom is -0.352 e. The molecule has 1 saturated heterocycles. The number of hydrogen-bond acceptors (Lipinski definition) is 4. The lowest BCUT2D eigenvalue weighted by molar-refractivity contribution is 0.102. The van der Waals surface area contributed by atoms with Gasteiger partial charge in [-0.2, -0.15) is 0 Å². The third-order valence-corrected chi connectivity index (χ3v) is 5.25. The van der Waals surface area contributed by atoms with Crippen molar-refractivity contribution in [1.29, 1.82) is 0 Å². The summed E-state index contributed by atoms with van der Waals surface area (Å²) >= 11 is 0. The Morgan fingerprint density at radius 1 is 1.19 bits per heavy atom. The van der Waals surface area contributed by atoms with E-state index in [4.69, 9.17) is 0 Å². The molecule has 1 fully saturated rings. The smallest absolute Gasteiger partial charge is 0.275 e. The maximum atomic E-state index is 12.7. The zero-order valence-corrected chi connectivity index (χ0v) is 16.8. The Kier molecular flexibility index (Phi) is 5.78. The highest BCUT2D eigenvalue weighted by atomic mass is 16.1. The molecular formula is C22H30N4O. The number of amides is 1. The normalized spacial score (nSPS) is 17.6. The highest BCUT2D eigenvalue weighted by Crippen LogP contribution is 2.29. The number of piperidine rings is 1. The van der Waals surface area contributed by atoms with Crippen LogP contribution in [-0.4, -0.2) is 28.5 Å². The predicted molar refractivity (Wildman–Crippen MR) is 110 cm³/mol. The lowest BCUT2D eigenvalue weighted by atomic mass is 9.86. The molecule has 1 atom stereocenters. The van der Waals surface area contributed by atoms with Crippen LogP contribution in [0.1, 0.15) is 69.4 Å². The Bertz CT molecular complexity index is 780. The number of rotatable bonds is 4. The van der Waals surface area contributed by atoms with Crippen LogP contribution in [0.4, 0.5) is 11.5 Å². The van der Waals surface area contributed by atoms with Crippen molar-refractivity contribution >= 4 is 17.4 Å². The van der Waals surface area contributed by atoms with Crippen molar-refractivity contribution in [3.05, 3.63) is 47.9 Å². The minimum absolute atomic E-state index is 0.0527. The molecule has 0 spiro atoms. The van der Waals surface area contributed by atoms with Crippen LogP contribution in [-0.2, 0) is 5.41 Å². The van der Waals surface area contributed by atoms with E-state index in [9.17, 15) is 4.79 Å². The molecule has 144 valence electrons. The molecule has 1 N–H and O–H groups in total. The summed E-state index contributed by atoms with van der Waals surface area (Å²) in [5, 5.41) is 3.00. The molecule has 27 heavy (non-hydrogen) atoms. The van der Waals surface area contributed by atoms with E-state index in [1.807, 2.05) is 24.3 Å². The van der Waals surface area contributed by atoms with E-state index >= 15 is 0 Å². The Balaban J connectivity index is 1.75. The quantitative estimate of drug-likeness (QED) is 0.845. The van der Waals surface area contributed by atoms with Gasteiger partial charge in [0, 0.05) is 18.3 Å². The van der Waals surface area contributed by atoms with Gasteiger partial charge in [0.1, 0.15) is 11.5 Å². The SMILES string of the molecule is CCC1CCCCN1c1cnc(C(=O)Nc2ccccc2C(C)(C)C)cn1. The number of aromatic nitrogens is 2. The summed E-state index contributed by atoms with van der Waals surface area (Å²) in [5.74, 6) is 0.643. The predicted octanol–water partition coefficient (Wildman–Crippen LogP) is 4.80. The molecule has 1 aliphatic rings. The van der Waals surface area contributed by atoms with Crippen LogP contribution in [0.3, 0.4) is 0 Å². The van der Waals surface area contributed by atoms with E-state index in [0.717, 1.165) is 30.0 Å². The van der Waals surface area contributed by atoms with Gasteiger partial charge in [0.2, 0.25) is 0 Å². The third-order valence-electron chi connectivity index (χ3n) is 5.25. The largest absolute Gasteiger partial charge is 0.352 e. The van der Waals surface area contributed by atoms with Gasteiger partial charge in [0.15, 0.2) is 0 Å². The fourth-order valence-corrected chi connectivity index (χ4v) is 3.75. The average molecular weight is 367 g/mol. The van der Waals surface area contributed by atoms with E-state index in [0.29, 0.717) is 11.7 Å². The van der Waals surface area contributed by atoms with E-state index in [-0.39, 0.29) is 11.3 Å². The molecule has 0 saturated carbocycles. The molecule has 0 aliphatic carbocycles. The van der Waals surface area contributed by atoms with Crippen molar-refractivity contribution in [2.45, 2.75) is 64.8 Å². The molecule has 3 rings (SSSR count). The molecule has 1 unspecified atom stereocenters. The zero-order valence-electron chi connectivity index (χ0n) is 16.8. The Morgan fingerprint density at radius 3 is 2.63 bits per heavy atom. The second-order valence-corrected chi connectivity index (χ2v) is 8.26. The lowest BCUT2D eigenvalue weighted by Gasteiger charge is -2.35. The summed E-state index contributed by atoms with van der Waals surface area (Å²) in [5.41, 5.74) is 2.21. The highest BCUT2D eigenvalue weighted by molar-refractivity contribution is 6.03. The summed E-state index contributed by atoms with van der Waals surface area (Å²) in [7, 11) is 0. The van der Waals surface area contributed by atoms with E-state index in [2.05, 4.69) is 47.9 Å². The summed E-state index contributed by atoms with van der Waals surface area (Å²) in [6.07, 6.45) is 8.09. The number of carbonyl (C=O) groups excluding carboxylic acids is 1. The van der Waals surface area contributed by atoms with Crippen molar-refractivity contribution < 1.29 is 4.79 Å². The topological polar surface area (TPSA) is 58.1 Å². The van der Waals surface area contributed by atoms with Gasteiger partial charge >= 0.3 is 0 Å². The van der Waals surface area contributed by atoms with E-state index in [1.54, 1.807) is 12.4 Å². The van der Waals surface area contributed by atoms with Crippen LogP contribution in [0.2, 0.25) is 0 Å². The van der Waals surface area contributed by atoms with Gasteiger partial charge in [-0.3, -0.25) is 4.79 Å². The summed E-state index contributed by atoms with van der Waals surface area (Å²) in [6.45, 7) is 9.63. The first-order valence-electron chi connectivity index (χ1n) is 9.89. The molecule has 5 heteroatoms. The van der Waals surface area contributed by atoms with Crippen LogP contribution >= 0.6 is 0 Å². The van der Waals surface area contributed by atoms with Crippen LogP contribution in [0, 0.1) is 0 Å². The first kappa shape index (κ1) is 19.3. The molecule has 1 aromatic heterocycles. The Morgan fingerprint density at radius 2 is 1.96 bits per heavy atom. The average Bonchev–Trinajstić information content (AvgIpc) is 2.67. The number of nitrogens with zero attached hydrogens (tertiary/aromatic N) is 3. The molecule has 5 nitrogen and oxygen atoms in total. The zero-order chi connectivity index (χ0) is 19.4. The molecule has 1 amide bonds. The Labute approximate surface area is 162 Å². The van der Waals surface area contributed by atoms with Crippen molar-refractivity contribution in [1.82, 2.24) is 9.97 Å². The van der Waals surface area contributed by atoms with Gasteiger partial charge in [-0.15, -0.1) is 0 Å². The second-order valence-electron chi connectivity index (χ2n) is 8.26. The number of hydrogen-bond donors (Lipinski definition) is 1. The lowest BCUT2D eigenvalue weighted by Crippen LogP contribution is -2.39. The van der Waals surface area contributed by atoms with Gasteiger partial charge in [-0.1, -0.05) is 45.9 Å². The Hall–Kier alpha value is -2.43. The summed E-state index contributed by atoms with van der Waals surface area (Å²) in [4.78, 5) is 23.9. The molecule has 1 aromatic carbocycles. The van der Waals surface area contributed by atoms with Crippen molar-refractivity contribution in [2.75, 3.05) is 16.8 Å². The van der Waals surface area contributed by atoms with E-state index < -0.39 is 0 Å². The molecule has 2 aromatic rings. The van der Waals surface area contributed by atoms with Crippen LogP contribution in [0.25, 0.3) is 0 Å². The molecule has 0 radical (unpaired) electrons. The summed E-state index contributed by atoms with van der Waals surface area (Å²) in [6, 6.07) is 8.42. The van der Waals surface area contributed by atoms with Crippen molar-refractivity contribution in [3.8, 4) is 0 Å². The summed E-state index contributed by atoms with van der Waals surface area (Å²) < 4.78 is 0. The third kappa shape index (κ3) is 4.46. The van der Waals surface area contributed by atoms with Crippen molar-refractivity contribution in [3.63, 3.8) is 0 Å². The number of benzene rings is 1. The standard InChI is InChI=1S/C22H30N4O/c1-5-16-10-8-9-13-26(16)20-15-23-19(14-24-20)21(27)25-18-12-7-6-11-17(18)22(2,3)4/h6-7,11-12,14-16H,5,8-10,13H2,1-4H3,(H,25,27). The number of nitrogens with one attached hydrogen (secondary N) is 1. The number of para-hydroxylation sites is 1. The molecular weight excluding hydrogens is 336 g/mol. The van der Waals surface area contributed by atoms with E-state index in [1.165, 1.54) is 19.3 Å². The number of anilines is 2. The molecule has 2 heterocycles.